The normalized spacial score (nSPS) is 12.6. The van der Waals surface area contributed by atoms with Crippen molar-refractivity contribution in [3.63, 3.8) is 0 Å². The number of carbonyl (C=O) groups excluding carboxylic acids is 1. The van der Waals surface area contributed by atoms with Crippen molar-refractivity contribution in [3.05, 3.63) is 64.9 Å². The van der Waals surface area contributed by atoms with E-state index in [1.165, 1.54) is 38.1 Å². The minimum atomic E-state index is -1.44. The molecule has 0 bridgehead atoms. The Bertz CT molecular complexity index is 1110. The standard InChI is InChI=1S/C21H20F3N3O3S/c1-21(2,30)10-6-12(23)18(13(24)7-10)16-8-11(19(25)29)20(31-16)27-17-5-3-4-14(26-17)15(28)9-22/h3-8,15,28,30H,9H2,1-2H3,(H2,25,29)(H,26,27). The number of aliphatic hydroxyl groups excluding tert-OH is 1. The Labute approximate surface area is 180 Å². The maximum atomic E-state index is 14.7. The van der Waals surface area contributed by atoms with Crippen LogP contribution in [0.1, 0.15) is 41.6 Å². The molecule has 5 N–H and O–H groups in total. The molecular formula is C21H20F3N3O3S. The molecule has 31 heavy (non-hydrogen) atoms. The topological polar surface area (TPSA) is 108 Å². The van der Waals surface area contributed by atoms with Gasteiger partial charge in [-0.05, 0) is 49.7 Å². The number of amides is 1. The number of aromatic nitrogens is 1. The van der Waals surface area contributed by atoms with E-state index in [2.05, 4.69) is 10.3 Å². The Hall–Kier alpha value is -2.95. The van der Waals surface area contributed by atoms with Crippen LogP contribution in [0.4, 0.5) is 24.0 Å². The third-order valence-corrected chi connectivity index (χ3v) is 5.56. The maximum absolute atomic E-state index is 14.7. The number of carbonyl (C=O) groups is 1. The number of rotatable bonds is 7. The van der Waals surface area contributed by atoms with Crippen LogP contribution in [0.5, 0.6) is 0 Å². The lowest BCUT2D eigenvalue weighted by atomic mass is 9.96. The predicted molar refractivity (Wildman–Crippen MR) is 112 cm³/mol. The third-order valence-electron chi connectivity index (χ3n) is 4.49. The molecular weight excluding hydrogens is 431 g/mol. The summed E-state index contributed by atoms with van der Waals surface area (Å²) >= 11 is 0.866. The molecule has 2 heterocycles. The molecule has 0 aliphatic rings. The first kappa shape index (κ1) is 22.7. The van der Waals surface area contributed by atoms with Crippen LogP contribution in [0.3, 0.4) is 0 Å². The number of alkyl halides is 1. The minimum Gasteiger partial charge on any atom is -0.386 e. The zero-order valence-electron chi connectivity index (χ0n) is 16.6. The average molecular weight is 451 g/mol. The van der Waals surface area contributed by atoms with Crippen molar-refractivity contribution in [2.45, 2.75) is 25.6 Å². The zero-order valence-corrected chi connectivity index (χ0v) is 17.4. The highest BCUT2D eigenvalue weighted by atomic mass is 32.1. The van der Waals surface area contributed by atoms with E-state index in [0.29, 0.717) is 0 Å². The van der Waals surface area contributed by atoms with Gasteiger partial charge in [-0.25, -0.2) is 18.2 Å². The highest BCUT2D eigenvalue weighted by Gasteiger charge is 2.24. The summed E-state index contributed by atoms with van der Waals surface area (Å²) in [7, 11) is 0. The van der Waals surface area contributed by atoms with Crippen molar-refractivity contribution in [2.75, 3.05) is 12.0 Å². The number of primary amides is 1. The van der Waals surface area contributed by atoms with E-state index >= 15 is 0 Å². The fraction of sp³-hybridized carbons (Fsp3) is 0.238. The van der Waals surface area contributed by atoms with Gasteiger partial charge in [0.15, 0.2) is 0 Å². The van der Waals surface area contributed by atoms with Crippen molar-refractivity contribution in [3.8, 4) is 10.4 Å². The van der Waals surface area contributed by atoms with Gasteiger partial charge in [0.05, 0.1) is 22.4 Å². The van der Waals surface area contributed by atoms with E-state index < -0.39 is 35.9 Å². The molecule has 0 saturated heterocycles. The number of nitrogens with one attached hydrogen (secondary N) is 1. The van der Waals surface area contributed by atoms with Crippen LogP contribution in [-0.2, 0) is 5.60 Å². The summed E-state index contributed by atoms with van der Waals surface area (Å²) in [5.74, 6) is -2.47. The molecule has 3 rings (SSSR count). The molecule has 164 valence electrons. The van der Waals surface area contributed by atoms with E-state index in [-0.39, 0.29) is 38.1 Å². The van der Waals surface area contributed by atoms with Crippen molar-refractivity contribution < 1.29 is 28.2 Å². The van der Waals surface area contributed by atoms with E-state index in [9.17, 15) is 28.2 Å². The Morgan fingerprint density at radius 1 is 1.26 bits per heavy atom. The van der Waals surface area contributed by atoms with Crippen molar-refractivity contribution >= 4 is 28.1 Å². The largest absolute Gasteiger partial charge is 0.386 e. The summed E-state index contributed by atoms with van der Waals surface area (Å²) in [6, 6.07) is 7.77. The first-order valence-corrected chi connectivity index (χ1v) is 9.96. The van der Waals surface area contributed by atoms with Crippen LogP contribution in [0.15, 0.2) is 36.4 Å². The second-order valence-corrected chi connectivity index (χ2v) is 8.39. The maximum Gasteiger partial charge on any atom is 0.251 e. The van der Waals surface area contributed by atoms with Gasteiger partial charge in [0, 0.05) is 4.88 Å². The number of nitrogens with two attached hydrogens (primary N) is 1. The van der Waals surface area contributed by atoms with Gasteiger partial charge < -0.3 is 21.3 Å². The number of hydrogen-bond acceptors (Lipinski definition) is 6. The van der Waals surface area contributed by atoms with Gasteiger partial charge in [0.2, 0.25) is 0 Å². The molecule has 10 heteroatoms. The summed E-state index contributed by atoms with van der Waals surface area (Å²) in [5, 5.41) is 22.6. The second-order valence-electron chi connectivity index (χ2n) is 7.33. The van der Waals surface area contributed by atoms with Crippen molar-refractivity contribution in [2.24, 2.45) is 5.73 Å². The molecule has 6 nitrogen and oxygen atoms in total. The van der Waals surface area contributed by atoms with Crippen LogP contribution in [0, 0.1) is 11.6 Å². The molecule has 1 aromatic carbocycles. The van der Waals surface area contributed by atoms with E-state index in [4.69, 9.17) is 5.73 Å². The molecule has 1 unspecified atom stereocenters. The number of nitrogens with zero attached hydrogens (tertiary/aromatic N) is 1. The molecule has 0 radical (unpaired) electrons. The fourth-order valence-corrected chi connectivity index (χ4v) is 3.97. The smallest absolute Gasteiger partial charge is 0.251 e. The summed E-state index contributed by atoms with van der Waals surface area (Å²) in [4.78, 5) is 16.1. The lowest BCUT2D eigenvalue weighted by molar-refractivity contribution is 0.0778. The predicted octanol–water partition coefficient (Wildman–Crippen LogP) is 4.16. The van der Waals surface area contributed by atoms with Gasteiger partial charge in [-0.2, -0.15) is 0 Å². The van der Waals surface area contributed by atoms with E-state index in [1.807, 2.05) is 0 Å². The van der Waals surface area contributed by atoms with E-state index in [0.717, 1.165) is 23.5 Å². The van der Waals surface area contributed by atoms with Crippen LogP contribution >= 0.6 is 11.3 Å². The number of benzene rings is 1. The molecule has 0 fully saturated rings. The molecule has 3 aromatic rings. The average Bonchev–Trinajstić information content (AvgIpc) is 3.09. The van der Waals surface area contributed by atoms with Gasteiger partial charge in [-0.3, -0.25) is 4.79 Å². The Kier molecular flexibility index (Phi) is 6.35. The van der Waals surface area contributed by atoms with Gasteiger partial charge in [0.25, 0.3) is 5.91 Å². The van der Waals surface area contributed by atoms with Crippen LogP contribution in [0.2, 0.25) is 0 Å². The van der Waals surface area contributed by atoms with Crippen LogP contribution in [0.25, 0.3) is 10.4 Å². The van der Waals surface area contributed by atoms with Crippen molar-refractivity contribution in [1.82, 2.24) is 4.98 Å². The number of anilines is 2. The van der Waals surface area contributed by atoms with Gasteiger partial charge in [-0.1, -0.05) is 6.07 Å². The third kappa shape index (κ3) is 4.87. The first-order chi connectivity index (χ1) is 14.5. The lowest BCUT2D eigenvalue weighted by Gasteiger charge is -2.18. The quantitative estimate of drug-likeness (QED) is 0.431. The summed E-state index contributed by atoms with van der Waals surface area (Å²) in [6.07, 6.45) is -1.41. The number of pyridine rings is 1. The molecule has 0 aliphatic heterocycles. The molecule has 0 aliphatic carbocycles. The fourth-order valence-electron chi connectivity index (χ4n) is 2.85. The second kappa shape index (κ2) is 8.66. The number of hydrogen-bond donors (Lipinski definition) is 4. The lowest BCUT2D eigenvalue weighted by Crippen LogP contribution is -2.16. The Balaban J connectivity index is 2.04. The Morgan fingerprint density at radius 2 is 1.90 bits per heavy atom. The molecule has 0 spiro atoms. The summed E-state index contributed by atoms with van der Waals surface area (Å²) in [6.45, 7) is 1.78. The first-order valence-electron chi connectivity index (χ1n) is 9.15. The molecule has 0 saturated carbocycles. The Morgan fingerprint density at radius 3 is 2.45 bits per heavy atom. The molecule has 1 amide bonds. The van der Waals surface area contributed by atoms with Crippen LogP contribution in [-0.4, -0.2) is 27.8 Å². The number of thiophene rings is 1. The molecule has 2 aromatic heterocycles. The summed E-state index contributed by atoms with van der Waals surface area (Å²) in [5.41, 5.74) is 3.71. The highest BCUT2D eigenvalue weighted by Crippen LogP contribution is 2.40. The summed E-state index contributed by atoms with van der Waals surface area (Å²) < 4.78 is 42.2. The number of aliphatic hydroxyl groups is 2. The van der Waals surface area contributed by atoms with Gasteiger partial charge in [-0.15, -0.1) is 11.3 Å². The minimum absolute atomic E-state index is 0.0244. The van der Waals surface area contributed by atoms with Crippen molar-refractivity contribution in [1.29, 1.82) is 0 Å². The van der Waals surface area contributed by atoms with Gasteiger partial charge in [0.1, 0.15) is 35.2 Å². The number of halogens is 3. The molecule has 1 atom stereocenters. The SMILES string of the molecule is CC(C)(O)c1cc(F)c(-c2cc(C(N)=O)c(Nc3cccc(C(O)CF)n3)s2)c(F)c1. The highest BCUT2D eigenvalue weighted by molar-refractivity contribution is 7.20. The monoisotopic (exact) mass is 451 g/mol. The zero-order chi connectivity index (χ0) is 22.9. The van der Waals surface area contributed by atoms with E-state index in [1.54, 1.807) is 0 Å². The van der Waals surface area contributed by atoms with Crippen LogP contribution < -0.4 is 11.1 Å². The van der Waals surface area contributed by atoms with Gasteiger partial charge >= 0.3 is 0 Å².